The van der Waals surface area contributed by atoms with E-state index < -0.39 is 0 Å². The Kier molecular flexibility index (Phi) is 14.0. The Hall–Kier alpha value is 0.434. The van der Waals surface area contributed by atoms with Crippen LogP contribution in [0.4, 0.5) is 0 Å². The predicted octanol–water partition coefficient (Wildman–Crippen LogP) is 6.25. The second-order valence-electron chi connectivity index (χ2n) is 8.00. The van der Waals surface area contributed by atoms with Gasteiger partial charge in [0.25, 0.3) is 0 Å². The topological polar surface area (TPSA) is 0 Å². The number of unbranched alkanes of at least 4 members (excludes halogenated alkanes) is 8. The Balaban J connectivity index is 1.88. The van der Waals surface area contributed by atoms with E-state index in [0.717, 1.165) is 0 Å². The SMILES string of the molecule is CCCCCCC[SiH2]C1CCC([SiH2]CCCCCCC)CC1. The molecule has 0 aromatic rings. The molecule has 0 aromatic heterocycles. The van der Waals surface area contributed by atoms with Gasteiger partial charge in [0.05, 0.1) is 0 Å². The van der Waals surface area contributed by atoms with E-state index in [4.69, 9.17) is 0 Å². The highest BCUT2D eigenvalue weighted by atomic mass is 28.2. The normalized spacial score (nSPS) is 23.2. The van der Waals surface area contributed by atoms with Gasteiger partial charge in [-0.25, -0.2) is 0 Å². The van der Waals surface area contributed by atoms with Gasteiger partial charge in [0.15, 0.2) is 0 Å². The van der Waals surface area contributed by atoms with Gasteiger partial charge in [-0.15, -0.1) is 0 Å². The molecule has 0 amide bonds. The lowest BCUT2D eigenvalue weighted by atomic mass is 9.99. The van der Waals surface area contributed by atoms with Crippen LogP contribution in [0.15, 0.2) is 0 Å². The molecule has 0 atom stereocenters. The summed E-state index contributed by atoms with van der Waals surface area (Å²) >= 11 is 0. The maximum absolute atomic E-state index is 2.32. The Morgan fingerprint density at radius 1 is 0.545 bits per heavy atom. The molecule has 1 saturated carbocycles. The maximum Gasteiger partial charge on any atom is 0.0231 e. The van der Waals surface area contributed by atoms with Crippen molar-refractivity contribution in [3.05, 3.63) is 0 Å². The largest absolute Gasteiger partial charge is 0.0654 e. The molecule has 0 bridgehead atoms. The van der Waals surface area contributed by atoms with Crippen LogP contribution in [0.1, 0.15) is 104 Å². The molecular weight excluding hydrogens is 296 g/mol. The Morgan fingerprint density at radius 2 is 0.909 bits per heavy atom. The van der Waals surface area contributed by atoms with E-state index in [-0.39, 0.29) is 0 Å². The highest BCUT2D eigenvalue weighted by molar-refractivity contribution is 6.39. The smallest absolute Gasteiger partial charge is 0.0231 e. The fraction of sp³-hybridized carbons (Fsp3) is 1.00. The van der Waals surface area contributed by atoms with E-state index in [0.29, 0.717) is 19.0 Å². The minimum absolute atomic E-state index is 0.291. The van der Waals surface area contributed by atoms with Crippen molar-refractivity contribution in [2.45, 2.75) is 127 Å². The minimum Gasteiger partial charge on any atom is -0.0654 e. The summed E-state index contributed by atoms with van der Waals surface area (Å²) in [4.78, 5) is 0. The van der Waals surface area contributed by atoms with Crippen LogP contribution in [0, 0.1) is 0 Å². The molecule has 1 aliphatic rings. The first kappa shape index (κ1) is 20.5. The van der Waals surface area contributed by atoms with E-state index in [2.05, 4.69) is 13.8 Å². The second-order valence-corrected chi connectivity index (χ2v) is 12.9. The lowest BCUT2D eigenvalue weighted by Gasteiger charge is -2.28. The Labute approximate surface area is 146 Å². The van der Waals surface area contributed by atoms with Crippen molar-refractivity contribution in [2.24, 2.45) is 0 Å². The van der Waals surface area contributed by atoms with E-state index in [1.54, 1.807) is 50.6 Å². The summed E-state index contributed by atoms with van der Waals surface area (Å²) < 4.78 is 0. The van der Waals surface area contributed by atoms with E-state index in [1.165, 1.54) is 62.4 Å². The molecule has 0 unspecified atom stereocenters. The molecule has 0 radical (unpaired) electrons. The molecule has 0 spiro atoms. The van der Waals surface area contributed by atoms with Crippen LogP contribution in [0.5, 0.6) is 0 Å². The second kappa shape index (κ2) is 15.0. The molecule has 1 aliphatic carbocycles. The molecule has 0 nitrogen and oxygen atoms in total. The van der Waals surface area contributed by atoms with E-state index >= 15 is 0 Å². The average molecular weight is 341 g/mol. The summed E-state index contributed by atoms with van der Waals surface area (Å²) in [6.07, 6.45) is 21.5. The fourth-order valence-electron chi connectivity index (χ4n) is 4.24. The zero-order valence-electron chi connectivity index (χ0n) is 15.9. The highest BCUT2D eigenvalue weighted by Gasteiger charge is 2.20. The quantitative estimate of drug-likeness (QED) is 0.259. The van der Waals surface area contributed by atoms with Gasteiger partial charge < -0.3 is 0 Å². The summed E-state index contributed by atoms with van der Waals surface area (Å²) in [6.45, 7) is 4.64. The van der Waals surface area contributed by atoms with Crippen molar-refractivity contribution in [1.29, 1.82) is 0 Å². The first-order valence-corrected chi connectivity index (χ1v) is 14.5. The van der Waals surface area contributed by atoms with Crippen LogP contribution in [0.2, 0.25) is 23.2 Å². The van der Waals surface area contributed by atoms with Crippen LogP contribution < -0.4 is 0 Å². The van der Waals surface area contributed by atoms with Crippen LogP contribution in [0.25, 0.3) is 0 Å². The van der Waals surface area contributed by atoms with Crippen molar-refractivity contribution >= 4 is 19.0 Å². The van der Waals surface area contributed by atoms with Crippen molar-refractivity contribution in [2.75, 3.05) is 0 Å². The number of hydrogen-bond acceptors (Lipinski definition) is 0. The summed E-state index contributed by atoms with van der Waals surface area (Å²) in [6, 6.07) is 3.32. The van der Waals surface area contributed by atoms with Crippen LogP contribution >= 0.6 is 0 Å². The van der Waals surface area contributed by atoms with Crippen molar-refractivity contribution < 1.29 is 0 Å². The lowest BCUT2D eigenvalue weighted by molar-refractivity contribution is 0.494. The average Bonchev–Trinajstić information content (AvgIpc) is 2.55. The van der Waals surface area contributed by atoms with Gasteiger partial charge in [-0.05, 0) is 0 Å². The van der Waals surface area contributed by atoms with Crippen molar-refractivity contribution in [3.8, 4) is 0 Å². The molecule has 0 saturated heterocycles. The predicted molar refractivity (Wildman–Crippen MR) is 110 cm³/mol. The molecule has 132 valence electrons. The first-order valence-electron chi connectivity index (χ1n) is 10.9. The molecule has 0 N–H and O–H groups in total. The molecule has 22 heavy (non-hydrogen) atoms. The molecule has 0 aliphatic heterocycles. The Morgan fingerprint density at radius 3 is 1.27 bits per heavy atom. The van der Waals surface area contributed by atoms with Gasteiger partial charge in [0.1, 0.15) is 0 Å². The molecular formula is C20H44Si2. The molecule has 1 rings (SSSR count). The van der Waals surface area contributed by atoms with Crippen LogP contribution in [0.3, 0.4) is 0 Å². The van der Waals surface area contributed by atoms with Gasteiger partial charge in [0.2, 0.25) is 0 Å². The molecule has 0 heterocycles. The van der Waals surface area contributed by atoms with Crippen LogP contribution in [-0.2, 0) is 0 Å². The summed E-state index contributed by atoms with van der Waals surface area (Å²) in [7, 11) is 0.582. The number of rotatable bonds is 14. The fourth-order valence-corrected chi connectivity index (χ4v) is 8.77. The summed E-state index contributed by atoms with van der Waals surface area (Å²) in [5, 5.41) is 0. The van der Waals surface area contributed by atoms with E-state index in [1.807, 2.05) is 0 Å². The van der Waals surface area contributed by atoms with Gasteiger partial charge in [-0.3, -0.25) is 0 Å². The lowest BCUT2D eigenvalue weighted by Crippen LogP contribution is -2.15. The third-order valence-corrected chi connectivity index (χ3v) is 11.0. The standard InChI is InChI=1S/C20H44Si2/c1-3-5-7-9-11-17-21-19-13-15-20(16-14-19)22-18-12-10-8-6-4-2/h19-20H,3-18,21-22H2,1-2H3. The van der Waals surface area contributed by atoms with Gasteiger partial charge >= 0.3 is 0 Å². The monoisotopic (exact) mass is 340 g/mol. The third kappa shape index (κ3) is 11.0. The van der Waals surface area contributed by atoms with Gasteiger partial charge in [-0.2, -0.15) is 0 Å². The van der Waals surface area contributed by atoms with E-state index in [9.17, 15) is 0 Å². The van der Waals surface area contributed by atoms with Crippen molar-refractivity contribution in [3.63, 3.8) is 0 Å². The molecule has 0 aromatic carbocycles. The van der Waals surface area contributed by atoms with Gasteiger partial charge in [0, 0.05) is 19.0 Å². The number of hydrogen-bond donors (Lipinski definition) is 0. The molecule has 1 fully saturated rings. The first-order chi connectivity index (χ1) is 10.9. The zero-order valence-corrected chi connectivity index (χ0v) is 18.7. The maximum atomic E-state index is 2.32. The summed E-state index contributed by atoms with van der Waals surface area (Å²) in [5.41, 5.74) is 2.50. The van der Waals surface area contributed by atoms with Gasteiger partial charge in [-0.1, -0.05) is 127 Å². The third-order valence-electron chi connectivity index (χ3n) is 5.90. The highest BCUT2D eigenvalue weighted by Crippen LogP contribution is 2.36. The zero-order chi connectivity index (χ0) is 15.9. The Bertz CT molecular complexity index is 198. The summed E-state index contributed by atoms with van der Waals surface area (Å²) in [5.74, 6) is 0. The minimum atomic E-state index is 0.291. The van der Waals surface area contributed by atoms with Crippen molar-refractivity contribution in [1.82, 2.24) is 0 Å². The van der Waals surface area contributed by atoms with Crippen LogP contribution in [-0.4, -0.2) is 19.0 Å². The molecule has 2 heteroatoms.